The highest BCUT2D eigenvalue weighted by molar-refractivity contribution is 6.16. The zero-order valence-electron chi connectivity index (χ0n) is 25.5. The van der Waals surface area contributed by atoms with Crippen molar-refractivity contribution >= 4 is 27.7 Å². The number of ether oxygens (including phenoxy) is 3. The number of carbonyl (C=O) groups is 1. The molecule has 0 saturated carbocycles. The van der Waals surface area contributed by atoms with Crippen LogP contribution in [0.4, 0.5) is 0 Å². The van der Waals surface area contributed by atoms with Gasteiger partial charge < -0.3 is 28.6 Å². The molecule has 0 aliphatic carbocycles. The lowest BCUT2D eigenvalue weighted by atomic mass is 9.89. The van der Waals surface area contributed by atoms with Gasteiger partial charge in [0.1, 0.15) is 35.0 Å². The maximum atomic E-state index is 13.4. The van der Waals surface area contributed by atoms with E-state index in [2.05, 4.69) is 21.8 Å². The van der Waals surface area contributed by atoms with Crippen molar-refractivity contribution in [2.24, 2.45) is 0 Å². The van der Waals surface area contributed by atoms with Crippen LogP contribution in [0.25, 0.3) is 21.7 Å². The number of piperazine rings is 1. The first-order valence-electron chi connectivity index (χ1n) is 14.9. The molecule has 228 valence electrons. The molecule has 1 aliphatic rings. The molecule has 1 fully saturated rings. The second-order valence-electron chi connectivity index (χ2n) is 11.1. The van der Waals surface area contributed by atoms with Crippen LogP contribution in [0.3, 0.4) is 0 Å². The smallest absolute Gasteiger partial charge is 0.342 e. The molecule has 9 heteroatoms. The monoisotopic (exact) mass is 595 g/mol. The topological polar surface area (TPSA) is 97.5 Å². The predicted molar refractivity (Wildman–Crippen MR) is 169 cm³/mol. The van der Waals surface area contributed by atoms with Crippen LogP contribution in [0.1, 0.15) is 45.8 Å². The summed E-state index contributed by atoms with van der Waals surface area (Å²) in [5.41, 5.74) is 3.32. The number of fused-ring (bicyclic) bond motifs is 3. The van der Waals surface area contributed by atoms with Crippen molar-refractivity contribution in [1.29, 1.82) is 0 Å². The van der Waals surface area contributed by atoms with E-state index >= 15 is 0 Å². The lowest BCUT2D eigenvalue weighted by Gasteiger charge is -2.39. The van der Waals surface area contributed by atoms with Gasteiger partial charge in [0.15, 0.2) is 0 Å². The third-order valence-electron chi connectivity index (χ3n) is 8.29. The van der Waals surface area contributed by atoms with Gasteiger partial charge in [-0.05, 0) is 50.2 Å². The predicted octanol–water partition coefficient (Wildman–Crippen LogP) is 6.10. The molecule has 5 aromatic rings. The first kappa shape index (κ1) is 29.5. The molecular weight excluding hydrogens is 558 g/mol. The van der Waals surface area contributed by atoms with Gasteiger partial charge in [0.2, 0.25) is 5.88 Å². The molecule has 0 radical (unpaired) electrons. The number of pyridine rings is 1. The molecule has 6 rings (SSSR count). The standard InChI is InChI=1S/C35H37N3O6/c1-5-42-35(40)29-22(2)44-34-27-12-7-6-11-26(27)33(39)31(30(29)34)32(38-17-15-37(3)16-18-38)24-13-14-36-28(20-24)43-21-23-9-8-10-25(19-23)41-4/h6-14,19-20,32,39H,5,15-18,21H2,1-4H3. The van der Waals surface area contributed by atoms with Crippen LogP contribution in [0.5, 0.6) is 17.4 Å². The Bertz CT molecular complexity index is 1810. The average Bonchev–Trinajstić information content (AvgIpc) is 3.39. The number of furan rings is 1. The van der Waals surface area contributed by atoms with Gasteiger partial charge >= 0.3 is 5.97 Å². The van der Waals surface area contributed by atoms with E-state index in [4.69, 9.17) is 18.6 Å². The van der Waals surface area contributed by atoms with Crippen LogP contribution in [0.2, 0.25) is 0 Å². The first-order chi connectivity index (χ1) is 21.4. The van der Waals surface area contributed by atoms with Crippen molar-refractivity contribution in [3.8, 4) is 17.4 Å². The minimum Gasteiger partial charge on any atom is -0.507 e. The summed E-state index contributed by atoms with van der Waals surface area (Å²) >= 11 is 0. The normalized spacial score (nSPS) is 15.0. The number of phenolic OH excluding ortho intramolecular Hbond substituents is 1. The van der Waals surface area contributed by atoms with Crippen molar-refractivity contribution in [3.63, 3.8) is 0 Å². The summed E-state index contributed by atoms with van der Waals surface area (Å²) in [6, 6.07) is 18.7. The maximum absolute atomic E-state index is 13.4. The number of aromatic nitrogens is 1. The number of carbonyl (C=O) groups excluding carboxylic acids is 1. The molecular formula is C35H37N3O6. The second-order valence-corrected chi connectivity index (χ2v) is 11.1. The first-order valence-corrected chi connectivity index (χ1v) is 14.9. The van der Waals surface area contributed by atoms with Gasteiger partial charge in [0.05, 0.1) is 19.8 Å². The van der Waals surface area contributed by atoms with Crippen LogP contribution >= 0.6 is 0 Å². The molecule has 0 spiro atoms. The maximum Gasteiger partial charge on any atom is 0.342 e. The molecule has 1 saturated heterocycles. The highest BCUT2D eigenvalue weighted by Gasteiger charge is 2.35. The summed E-state index contributed by atoms with van der Waals surface area (Å²) in [6.07, 6.45) is 1.72. The second kappa shape index (κ2) is 12.6. The molecule has 3 aromatic carbocycles. The number of esters is 1. The fourth-order valence-electron chi connectivity index (χ4n) is 6.09. The van der Waals surface area contributed by atoms with Crippen molar-refractivity contribution < 1.29 is 28.5 Å². The number of hydrogen-bond donors (Lipinski definition) is 1. The van der Waals surface area contributed by atoms with E-state index < -0.39 is 12.0 Å². The number of hydrogen-bond acceptors (Lipinski definition) is 9. The summed E-state index contributed by atoms with van der Waals surface area (Å²) in [6.45, 7) is 7.29. The Labute approximate surface area is 256 Å². The quantitative estimate of drug-likeness (QED) is 0.203. The Hall–Kier alpha value is -4.60. The minimum atomic E-state index is -0.478. The van der Waals surface area contributed by atoms with Crippen LogP contribution in [0, 0.1) is 6.92 Å². The zero-order valence-corrected chi connectivity index (χ0v) is 25.5. The van der Waals surface area contributed by atoms with Gasteiger partial charge in [-0.2, -0.15) is 0 Å². The Kier molecular flexibility index (Phi) is 8.41. The zero-order chi connectivity index (χ0) is 30.8. The van der Waals surface area contributed by atoms with Gasteiger partial charge in [-0.25, -0.2) is 9.78 Å². The number of phenols is 1. The number of likely N-dealkylation sites (N-methyl/N-ethyl adjacent to an activating group) is 1. The van der Waals surface area contributed by atoms with Crippen LogP contribution in [-0.4, -0.2) is 72.8 Å². The number of aryl methyl sites for hydroxylation is 1. The molecule has 1 aliphatic heterocycles. The molecule has 44 heavy (non-hydrogen) atoms. The summed E-state index contributed by atoms with van der Waals surface area (Å²) < 4.78 is 23.3. The third kappa shape index (κ3) is 5.56. The van der Waals surface area contributed by atoms with Crippen LogP contribution in [-0.2, 0) is 11.3 Å². The summed E-state index contributed by atoms with van der Waals surface area (Å²) in [4.78, 5) is 22.5. The van der Waals surface area contributed by atoms with Crippen molar-refractivity contribution in [2.75, 3.05) is 46.9 Å². The number of aromatic hydroxyl groups is 1. The molecule has 2 aromatic heterocycles. The lowest BCUT2D eigenvalue weighted by molar-refractivity contribution is 0.0526. The Balaban J connectivity index is 1.53. The van der Waals surface area contributed by atoms with Gasteiger partial charge in [-0.3, -0.25) is 4.90 Å². The van der Waals surface area contributed by atoms with Crippen LogP contribution in [0.15, 0.2) is 71.3 Å². The molecule has 1 atom stereocenters. The molecule has 0 bridgehead atoms. The Morgan fingerprint density at radius 1 is 1.05 bits per heavy atom. The van der Waals surface area contributed by atoms with E-state index in [0.29, 0.717) is 45.7 Å². The fourth-order valence-corrected chi connectivity index (χ4v) is 6.09. The number of methoxy groups -OCH3 is 1. The van der Waals surface area contributed by atoms with E-state index in [9.17, 15) is 9.90 Å². The molecule has 1 N–H and O–H groups in total. The van der Waals surface area contributed by atoms with Crippen molar-refractivity contribution in [2.45, 2.75) is 26.5 Å². The van der Waals surface area contributed by atoms with E-state index in [-0.39, 0.29) is 12.4 Å². The molecule has 0 amide bonds. The Morgan fingerprint density at radius 2 is 1.82 bits per heavy atom. The summed E-state index contributed by atoms with van der Waals surface area (Å²) in [5.74, 6) is 1.29. The summed E-state index contributed by atoms with van der Waals surface area (Å²) in [5, 5.41) is 14.0. The number of nitrogens with zero attached hydrogens (tertiary/aromatic N) is 3. The van der Waals surface area contributed by atoms with Gasteiger partial charge in [0, 0.05) is 60.2 Å². The minimum absolute atomic E-state index is 0.110. The molecule has 1 unspecified atom stereocenters. The SMILES string of the molecule is CCOC(=O)c1c(C)oc2c1c(C(c1ccnc(OCc3cccc(OC)c3)c1)N1CCN(C)CC1)c(O)c1ccccc12. The highest BCUT2D eigenvalue weighted by atomic mass is 16.5. The van der Waals surface area contributed by atoms with Crippen molar-refractivity contribution in [1.82, 2.24) is 14.8 Å². The van der Waals surface area contributed by atoms with Crippen molar-refractivity contribution in [3.05, 3.63) is 94.9 Å². The van der Waals surface area contributed by atoms with E-state index in [1.54, 1.807) is 27.2 Å². The van der Waals surface area contributed by atoms with E-state index in [1.165, 1.54) is 0 Å². The Morgan fingerprint density at radius 3 is 2.57 bits per heavy atom. The third-order valence-corrected chi connectivity index (χ3v) is 8.29. The number of benzene rings is 3. The van der Waals surface area contributed by atoms with Gasteiger partial charge in [-0.15, -0.1) is 0 Å². The van der Waals surface area contributed by atoms with Gasteiger partial charge in [-0.1, -0.05) is 36.4 Å². The summed E-state index contributed by atoms with van der Waals surface area (Å²) in [7, 11) is 3.74. The van der Waals surface area contributed by atoms with Gasteiger partial charge in [0.25, 0.3) is 0 Å². The lowest BCUT2D eigenvalue weighted by Crippen LogP contribution is -2.46. The molecule has 3 heterocycles. The largest absolute Gasteiger partial charge is 0.507 e. The molecule has 9 nitrogen and oxygen atoms in total. The average molecular weight is 596 g/mol. The fraction of sp³-hybridized carbons (Fsp3) is 0.314. The number of rotatable bonds is 9. The van der Waals surface area contributed by atoms with E-state index in [1.807, 2.05) is 60.7 Å². The highest BCUT2D eigenvalue weighted by Crippen LogP contribution is 2.47. The van der Waals surface area contributed by atoms with E-state index in [0.717, 1.165) is 48.4 Å². The van der Waals surface area contributed by atoms with Crippen LogP contribution < -0.4 is 9.47 Å².